The van der Waals surface area contributed by atoms with Gasteiger partial charge in [0.2, 0.25) is 0 Å². The lowest BCUT2D eigenvalue weighted by molar-refractivity contribution is 0.235. The molecular formula is C25H40. The molecule has 0 heterocycles. The van der Waals surface area contributed by atoms with Gasteiger partial charge in [-0.25, -0.2) is 0 Å². The second-order valence-corrected chi connectivity index (χ2v) is 9.09. The molecule has 2 saturated carbocycles. The van der Waals surface area contributed by atoms with Crippen molar-refractivity contribution < 1.29 is 0 Å². The molecule has 0 radical (unpaired) electrons. The second-order valence-electron chi connectivity index (χ2n) is 9.09. The Balaban J connectivity index is 1.27. The highest BCUT2D eigenvalue weighted by Gasteiger charge is 2.23. The van der Waals surface area contributed by atoms with Crippen molar-refractivity contribution in [2.24, 2.45) is 17.8 Å². The van der Waals surface area contributed by atoms with E-state index in [1.54, 1.807) is 5.56 Å². The molecule has 0 heteroatoms. The van der Waals surface area contributed by atoms with E-state index in [2.05, 4.69) is 37.3 Å². The third kappa shape index (κ3) is 6.15. The van der Waals surface area contributed by atoms with Gasteiger partial charge in [-0.2, -0.15) is 0 Å². The standard InChI is InChI=1S/C25H40/c1-2-3-8-21-13-15-22(16-14-21)9-7-10-23-17-19-25(20-18-23)24-11-5-4-6-12-24/h4-6,11-12,21-23,25H,2-3,7-10,13-20H2,1H3. The van der Waals surface area contributed by atoms with Crippen LogP contribution < -0.4 is 0 Å². The average Bonchev–Trinajstić information content (AvgIpc) is 2.69. The molecule has 1 aromatic carbocycles. The summed E-state index contributed by atoms with van der Waals surface area (Å²) in [4.78, 5) is 0. The van der Waals surface area contributed by atoms with Gasteiger partial charge < -0.3 is 0 Å². The molecule has 0 amide bonds. The summed E-state index contributed by atoms with van der Waals surface area (Å²) < 4.78 is 0. The van der Waals surface area contributed by atoms with Gasteiger partial charge in [0, 0.05) is 0 Å². The molecule has 0 aromatic heterocycles. The highest BCUT2D eigenvalue weighted by Crippen LogP contribution is 2.39. The lowest BCUT2D eigenvalue weighted by Crippen LogP contribution is -2.16. The predicted molar refractivity (Wildman–Crippen MR) is 110 cm³/mol. The zero-order valence-electron chi connectivity index (χ0n) is 16.6. The van der Waals surface area contributed by atoms with Crippen LogP contribution in [-0.2, 0) is 0 Å². The molecule has 0 atom stereocenters. The molecule has 2 aliphatic rings. The van der Waals surface area contributed by atoms with Gasteiger partial charge in [0.05, 0.1) is 0 Å². The van der Waals surface area contributed by atoms with Gasteiger partial charge in [-0.1, -0.05) is 101 Å². The molecule has 0 N–H and O–H groups in total. The summed E-state index contributed by atoms with van der Waals surface area (Å²) in [6.45, 7) is 2.33. The highest BCUT2D eigenvalue weighted by molar-refractivity contribution is 5.19. The SMILES string of the molecule is CCCCC1CCC(CCCC2CCC(c3ccccc3)CC2)CC1. The van der Waals surface area contributed by atoms with E-state index in [9.17, 15) is 0 Å². The van der Waals surface area contributed by atoms with Crippen LogP contribution in [0.25, 0.3) is 0 Å². The third-order valence-corrected chi connectivity index (χ3v) is 7.27. The predicted octanol–water partition coefficient (Wildman–Crippen LogP) is 8.13. The van der Waals surface area contributed by atoms with Crippen LogP contribution in [0.4, 0.5) is 0 Å². The Kier molecular flexibility index (Phi) is 7.89. The summed E-state index contributed by atoms with van der Waals surface area (Å²) in [7, 11) is 0. The Bertz CT molecular complexity index is 446. The molecule has 0 aliphatic heterocycles. The minimum atomic E-state index is 0.843. The molecule has 2 fully saturated rings. The number of rotatable bonds is 8. The summed E-state index contributed by atoms with van der Waals surface area (Å²) in [5.41, 5.74) is 1.58. The van der Waals surface area contributed by atoms with Crippen LogP contribution in [0.5, 0.6) is 0 Å². The van der Waals surface area contributed by atoms with E-state index in [4.69, 9.17) is 0 Å². The van der Waals surface area contributed by atoms with E-state index in [0.717, 1.165) is 23.7 Å². The molecule has 1 aromatic rings. The lowest BCUT2D eigenvalue weighted by atomic mass is 9.75. The largest absolute Gasteiger partial charge is 0.0654 e. The molecular weight excluding hydrogens is 300 g/mol. The fourth-order valence-corrected chi connectivity index (χ4v) is 5.51. The molecule has 140 valence electrons. The summed E-state index contributed by atoms with van der Waals surface area (Å²) in [6, 6.07) is 11.2. The van der Waals surface area contributed by atoms with Crippen molar-refractivity contribution in [1.29, 1.82) is 0 Å². The van der Waals surface area contributed by atoms with E-state index in [0.29, 0.717) is 0 Å². The smallest absolute Gasteiger partial charge is 0.0162 e. The maximum Gasteiger partial charge on any atom is -0.0162 e. The molecule has 3 rings (SSSR count). The number of unbranched alkanes of at least 4 members (excludes halogenated alkanes) is 1. The van der Waals surface area contributed by atoms with Crippen LogP contribution in [0.2, 0.25) is 0 Å². The van der Waals surface area contributed by atoms with Crippen LogP contribution in [-0.4, -0.2) is 0 Å². The Morgan fingerprint density at radius 2 is 1.12 bits per heavy atom. The topological polar surface area (TPSA) is 0 Å². The Labute approximate surface area is 156 Å². The van der Waals surface area contributed by atoms with Crippen molar-refractivity contribution in [3.8, 4) is 0 Å². The van der Waals surface area contributed by atoms with Gasteiger partial charge in [0.1, 0.15) is 0 Å². The normalized spacial score (nSPS) is 30.3. The molecule has 25 heavy (non-hydrogen) atoms. The summed E-state index contributed by atoms with van der Waals surface area (Å²) in [5.74, 6) is 4.01. The number of benzene rings is 1. The average molecular weight is 341 g/mol. The van der Waals surface area contributed by atoms with Crippen molar-refractivity contribution in [3.05, 3.63) is 35.9 Å². The van der Waals surface area contributed by atoms with E-state index >= 15 is 0 Å². The summed E-state index contributed by atoms with van der Waals surface area (Å²) >= 11 is 0. The zero-order valence-corrected chi connectivity index (χ0v) is 16.6. The third-order valence-electron chi connectivity index (χ3n) is 7.27. The van der Waals surface area contributed by atoms with Crippen LogP contribution >= 0.6 is 0 Å². The van der Waals surface area contributed by atoms with Crippen LogP contribution in [0, 0.1) is 17.8 Å². The molecule has 0 nitrogen and oxygen atoms in total. The monoisotopic (exact) mass is 340 g/mol. The molecule has 0 saturated heterocycles. The first kappa shape index (κ1) is 19.0. The van der Waals surface area contributed by atoms with E-state index < -0.39 is 0 Å². The van der Waals surface area contributed by atoms with Crippen molar-refractivity contribution in [2.45, 2.75) is 103 Å². The van der Waals surface area contributed by atoms with E-state index in [1.165, 1.54) is 89.9 Å². The molecule has 2 aliphatic carbocycles. The molecule has 0 spiro atoms. The quantitative estimate of drug-likeness (QED) is 0.448. The Morgan fingerprint density at radius 3 is 1.64 bits per heavy atom. The fraction of sp³-hybridized carbons (Fsp3) is 0.760. The van der Waals surface area contributed by atoms with E-state index in [-0.39, 0.29) is 0 Å². The molecule has 0 bridgehead atoms. The van der Waals surface area contributed by atoms with Gasteiger partial charge in [-0.15, -0.1) is 0 Å². The van der Waals surface area contributed by atoms with Crippen LogP contribution in [0.3, 0.4) is 0 Å². The maximum absolute atomic E-state index is 2.34. The Hall–Kier alpha value is -0.780. The minimum absolute atomic E-state index is 0.843. The zero-order chi connectivity index (χ0) is 17.3. The van der Waals surface area contributed by atoms with E-state index in [1.807, 2.05) is 0 Å². The van der Waals surface area contributed by atoms with Gasteiger partial charge in [0.25, 0.3) is 0 Å². The van der Waals surface area contributed by atoms with Crippen molar-refractivity contribution in [3.63, 3.8) is 0 Å². The fourth-order valence-electron chi connectivity index (χ4n) is 5.51. The summed E-state index contributed by atoms with van der Waals surface area (Å²) in [5, 5.41) is 0. The van der Waals surface area contributed by atoms with Gasteiger partial charge in [-0.05, 0) is 54.9 Å². The van der Waals surface area contributed by atoms with Crippen LogP contribution in [0.1, 0.15) is 108 Å². The van der Waals surface area contributed by atoms with Crippen molar-refractivity contribution >= 4 is 0 Å². The van der Waals surface area contributed by atoms with Crippen LogP contribution in [0.15, 0.2) is 30.3 Å². The maximum atomic E-state index is 2.34. The lowest BCUT2D eigenvalue weighted by Gasteiger charge is -2.31. The molecule has 0 unspecified atom stereocenters. The first-order valence-electron chi connectivity index (χ1n) is 11.4. The first-order valence-corrected chi connectivity index (χ1v) is 11.4. The number of hydrogen-bond donors (Lipinski definition) is 0. The minimum Gasteiger partial charge on any atom is -0.0654 e. The van der Waals surface area contributed by atoms with Gasteiger partial charge in [-0.3, -0.25) is 0 Å². The van der Waals surface area contributed by atoms with Crippen molar-refractivity contribution in [1.82, 2.24) is 0 Å². The number of hydrogen-bond acceptors (Lipinski definition) is 0. The highest BCUT2D eigenvalue weighted by atomic mass is 14.3. The summed E-state index contributed by atoms with van der Waals surface area (Å²) in [6.07, 6.45) is 20.8. The van der Waals surface area contributed by atoms with Gasteiger partial charge in [0.15, 0.2) is 0 Å². The van der Waals surface area contributed by atoms with Gasteiger partial charge >= 0.3 is 0 Å². The Morgan fingerprint density at radius 1 is 0.640 bits per heavy atom. The first-order chi connectivity index (χ1) is 12.3. The van der Waals surface area contributed by atoms with Crippen molar-refractivity contribution in [2.75, 3.05) is 0 Å². The second kappa shape index (κ2) is 10.4.